The van der Waals surface area contributed by atoms with E-state index < -0.39 is 0 Å². The van der Waals surface area contributed by atoms with Gasteiger partial charge in [-0.05, 0) is 42.7 Å². The van der Waals surface area contributed by atoms with E-state index in [1.165, 1.54) is 5.56 Å². The molecular formula is C13H19NO2S. The first-order valence-electron chi connectivity index (χ1n) is 6.04. The van der Waals surface area contributed by atoms with Gasteiger partial charge in [-0.2, -0.15) is 0 Å². The molecule has 0 spiro atoms. The molecule has 0 saturated carbocycles. The molecule has 1 amide bonds. The van der Waals surface area contributed by atoms with Gasteiger partial charge in [0.15, 0.2) is 0 Å². The second-order valence-electron chi connectivity index (χ2n) is 4.68. The van der Waals surface area contributed by atoms with E-state index in [-0.39, 0.29) is 5.91 Å². The van der Waals surface area contributed by atoms with E-state index in [0.29, 0.717) is 5.92 Å². The van der Waals surface area contributed by atoms with Gasteiger partial charge in [0.1, 0.15) is 0 Å². The van der Waals surface area contributed by atoms with E-state index in [2.05, 4.69) is 0 Å². The first-order valence-corrected chi connectivity index (χ1v) is 6.92. The second-order valence-corrected chi connectivity index (χ2v) is 5.59. The van der Waals surface area contributed by atoms with Crippen LogP contribution in [0.15, 0.2) is 11.4 Å². The summed E-state index contributed by atoms with van der Waals surface area (Å²) in [6, 6.07) is 1.98. The van der Waals surface area contributed by atoms with Crippen LogP contribution in [0.25, 0.3) is 0 Å². The summed E-state index contributed by atoms with van der Waals surface area (Å²) >= 11 is 1.55. The minimum absolute atomic E-state index is 0.193. The largest absolute Gasteiger partial charge is 0.384 e. The third-order valence-corrected chi connectivity index (χ3v) is 4.28. The van der Waals surface area contributed by atoms with Crippen LogP contribution in [0.5, 0.6) is 0 Å². The van der Waals surface area contributed by atoms with Crippen molar-refractivity contribution in [1.82, 2.24) is 4.90 Å². The Bertz CT molecular complexity index is 381. The van der Waals surface area contributed by atoms with Crippen molar-refractivity contribution >= 4 is 17.2 Å². The Morgan fingerprint density at radius 1 is 1.53 bits per heavy atom. The van der Waals surface area contributed by atoms with Crippen molar-refractivity contribution in [2.24, 2.45) is 5.92 Å². The van der Waals surface area contributed by atoms with E-state index >= 15 is 0 Å². The lowest BCUT2D eigenvalue weighted by atomic mass is 9.98. The number of nitrogens with zero attached hydrogens (tertiary/aromatic N) is 1. The summed E-state index contributed by atoms with van der Waals surface area (Å²) in [6.45, 7) is 4.58. The number of carbonyl (C=O) groups excluding carboxylic acids is 1. The quantitative estimate of drug-likeness (QED) is 0.828. The minimum Gasteiger partial charge on any atom is -0.384 e. The number of carbonyl (C=O) groups is 1. The van der Waals surface area contributed by atoms with E-state index in [4.69, 9.17) is 4.74 Å². The van der Waals surface area contributed by atoms with Gasteiger partial charge in [-0.25, -0.2) is 0 Å². The van der Waals surface area contributed by atoms with Gasteiger partial charge in [0.2, 0.25) is 0 Å². The molecule has 0 N–H and O–H groups in total. The fourth-order valence-electron chi connectivity index (χ4n) is 2.24. The number of thiophene rings is 1. The van der Waals surface area contributed by atoms with Crippen molar-refractivity contribution in [3.8, 4) is 0 Å². The summed E-state index contributed by atoms with van der Waals surface area (Å²) in [7, 11) is 1.74. The average molecular weight is 253 g/mol. The molecule has 0 atom stereocenters. The predicted octanol–water partition coefficient (Wildman–Crippen LogP) is 2.56. The molecule has 2 rings (SSSR count). The van der Waals surface area contributed by atoms with Crippen LogP contribution in [0.4, 0.5) is 0 Å². The Hall–Kier alpha value is -0.870. The fourth-order valence-corrected chi connectivity index (χ4v) is 3.10. The first kappa shape index (κ1) is 12.6. The Labute approximate surface area is 106 Å². The van der Waals surface area contributed by atoms with Gasteiger partial charge in [-0.1, -0.05) is 0 Å². The lowest BCUT2D eigenvalue weighted by molar-refractivity contribution is 0.0618. The van der Waals surface area contributed by atoms with Crippen LogP contribution >= 0.6 is 11.3 Å². The van der Waals surface area contributed by atoms with Crippen molar-refractivity contribution in [2.75, 3.05) is 26.8 Å². The molecule has 94 valence electrons. The topological polar surface area (TPSA) is 29.5 Å². The smallest absolute Gasteiger partial charge is 0.263 e. The van der Waals surface area contributed by atoms with Crippen LogP contribution in [0.1, 0.15) is 28.1 Å². The maximum absolute atomic E-state index is 12.2. The number of aryl methyl sites for hydroxylation is 1. The van der Waals surface area contributed by atoms with Crippen LogP contribution < -0.4 is 0 Å². The molecule has 1 aliphatic heterocycles. The molecule has 1 aromatic rings. The van der Waals surface area contributed by atoms with Gasteiger partial charge >= 0.3 is 0 Å². The highest BCUT2D eigenvalue weighted by Gasteiger charge is 2.24. The zero-order valence-corrected chi connectivity index (χ0v) is 11.3. The summed E-state index contributed by atoms with van der Waals surface area (Å²) in [6.07, 6.45) is 2.12. The van der Waals surface area contributed by atoms with E-state index in [1.807, 2.05) is 23.3 Å². The number of likely N-dealkylation sites (tertiary alicyclic amines) is 1. The first-order chi connectivity index (χ1) is 8.20. The Balaban J connectivity index is 1.90. The van der Waals surface area contributed by atoms with Crippen molar-refractivity contribution < 1.29 is 9.53 Å². The molecule has 1 fully saturated rings. The summed E-state index contributed by atoms with van der Waals surface area (Å²) in [5.74, 6) is 0.813. The zero-order valence-electron chi connectivity index (χ0n) is 10.4. The van der Waals surface area contributed by atoms with Gasteiger partial charge in [0, 0.05) is 26.8 Å². The normalized spacial score (nSPS) is 17.4. The molecular weight excluding hydrogens is 234 g/mol. The molecule has 1 saturated heterocycles. The molecule has 2 heterocycles. The van der Waals surface area contributed by atoms with Crippen LogP contribution in [0.2, 0.25) is 0 Å². The molecule has 0 unspecified atom stereocenters. The second kappa shape index (κ2) is 5.65. The molecule has 0 radical (unpaired) electrons. The molecule has 0 aliphatic carbocycles. The van der Waals surface area contributed by atoms with Crippen LogP contribution in [0.3, 0.4) is 0 Å². The van der Waals surface area contributed by atoms with Crippen LogP contribution in [0, 0.1) is 12.8 Å². The number of hydrogen-bond acceptors (Lipinski definition) is 3. The SMILES string of the molecule is COCC1CCN(C(=O)c2cc(C)cs2)CC1. The van der Waals surface area contributed by atoms with Gasteiger partial charge in [0.25, 0.3) is 5.91 Å². The predicted molar refractivity (Wildman–Crippen MR) is 69.6 cm³/mol. The van der Waals surface area contributed by atoms with Gasteiger partial charge in [-0.15, -0.1) is 11.3 Å². The third kappa shape index (κ3) is 3.07. The lowest BCUT2D eigenvalue weighted by Crippen LogP contribution is -2.39. The third-order valence-electron chi connectivity index (χ3n) is 3.25. The fraction of sp³-hybridized carbons (Fsp3) is 0.615. The minimum atomic E-state index is 0.193. The van der Waals surface area contributed by atoms with Crippen molar-refractivity contribution in [2.45, 2.75) is 19.8 Å². The number of hydrogen-bond donors (Lipinski definition) is 0. The molecule has 1 aromatic heterocycles. The van der Waals surface area contributed by atoms with Crippen LogP contribution in [-0.4, -0.2) is 37.6 Å². The van der Waals surface area contributed by atoms with Crippen molar-refractivity contribution in [3.63, 3.8) is 0 Å². The van der Waals surface area contributed by atoms with Crippen LogP contribution in [-0.2, 0) is 4.74 Å². The Morgan fingerprint density at radius 2 is 2.24 bits per heavy atom. The summed E-state index contributed by atoms with van der Waals surface area (Å²) in [5.41, 5.74) is 1.17. The number of piperidine rings is 1. The van der Waals surface area contributed by atoms with Crippen molar-refractivity contribution in [1.29, 1.82) is 0 Å². The standard InChI is InChI=1S/C13H19NO2S/c1-10-7-12(17-9-10)13(15)14-5-3-11(4-6-14)8-16-2/h7,9,11H,3-6,8H2,1-2H3. The molecule has 0 aromatic carbocycles. The molecule has 17 heavy (non-hydrogen) atoms. The molecule has 1 aliphatic rings. The van der Waals surface area contributed by atoms with Gasteiger partial charge in [-0.3, -0.25) is 4.79 Å². The Kier molecular flexibility index (Phi) is 4.18. The van der Waals surface area contributed by atoms with Gasteiger partial charge < -0.3 is 9.64 Å². The summed E-state index contributed by atoms with van der Waals surface area (Å²) in [4.78, 5) is 15.0. The molecule has 4 heteroatoms. The van der Waals surface area contributed by atoms with E-state index in [1.54, 1.807) is 18.4 Å². The molecule has 3 nitrogen and oxygen atoms in total. The van der Waals surface area contributed by atoms with E-state index in [0.717, 1.165) is 37.4 Å². The highest BCUT2D eigenvalue weighted by atomic mass is 32.1. The number of rotatable bonds is 3. The number of ether oxygens (including phenoxy) is 1. The van der Waals surface area contributed by atoms with Crippen molar-refractivity contribution in [3.05, 3.63) is 21.9 Å². The van der Waals surface area contributed by atoms with E-state index in [9.17, 15) is 4.79 Å². The monoisotopic (exact) mass is 253 g/mol. The summed E-state index contributed by atoms with van der Waals surface area (Å²) in [5, 5.41) is 2.03. The number of amides is 1. The number of methoxy groups -OCH3 is 1. The zero-order chi connectivity index (χ0) is 12.3. The lowest BCUT2D eigenvalue weighted by Gasteiger charge is -2.31. The molecule has 0 bridgehead atoms. The maximum Gasteiger partial charge on any atom is 0.263 e. The highest BCUT2D eigenvalue weighted by molar-refractivity contribution is 7.12. The van der Waals surface area contributed by atoms with Gasteiger partial charge in [0.05, 0.1) is 4.88 Å². The average Bonchev–Trinajstić information content (AvgIpc) is 2.76. The maximum atomic E-state index is 12.2. The highest BCUT2D eigenvalue weighted by Crippen LogP contribution is 2.21. The summed E-state index contributed by atoms with van der Waals surface area (Å²) < 4.78 is 5.16. The Morgan fingerprint density at radius 3 is 2.76 bits per heavy atom.